The van der Waals surface area contributed by atoms with Crippen molar-refractivity contribution in [2.24, 2.45) is 0 Å². The Morgan fingerprint density at radius 1 is 1.00 bits per heavy atom. The average molecular weight is 294 g/mol. The van der Waals surface area contributed by atoms with Gasteiger partial charge in [0.2, 0.25) is 0 Å². The van der Waals surface area contributed by atoms with E-state index in [9.17, 15) is 0 Å². The Kier molecular flexibility index (Phi) is 3.16. The first-order valence-electron chi connectivity index (χ1n) is 7.49. The van der Waals surface area contributed by atoms with E-state index in [4.69, 9.17) is 10.8 Å². The molecular weight excluding hydrogens is 276 g/mol. The molecule has 0 spiro atoms. The summed E-state index contributed by atoms with van der Waals surface area (Å²) in [6.07, 6.45) is 0. The molecule has 6 nitrogen and oxygen atoms in total. The Morgan fingerprint density at radius 2 is 1.77 bits per heavy atom. The van der Waals surface area contributed by atoms with Crippen LogP contribution in [0.1, 0.15) is 0 Å². The quantitative estimate of drug-likeness (QED) is 0.747. The number of piperazine rings is 1. The van der Waals surface area contributed by atoms with Crippen LogP contribution in [0.4, 0.5) is 11.6 Å². The predicted octanol–water partition coefficient (Wildman–Crippen LogP) is 1.39. The van der Waals surface area contributed by atoms with Gasteiger partial charge in [0, 0.05) is 31.7 Å². The van der Waals surface area contributed by atoms with Gasteiger partial charge in [-0.3, -0.25) is 0 Å². The highest BCUT2D eigenvalue weighted by Crippen LogP contribution is 2.26. The maximum absolute atomic E-state index is 6.14. The second-order valence-corrected chi connectivity index (χ2v) is 5.41. The highest BCUT2D eigenvalue weighted by Gasteiger charge is 2.20. The first kappa shape index (κ1) is 13.1. The molecule has 1 fully saturated rings. The van der Waals surface area contributed by atoms with E-state index in [0.29, 0.717) is 5.82 Å². The zero-order chi connectivity index (χ0) is 14.9. The van der Waals surface area contributed by atoms with Gasteiger partial charge in [-0.1, -0.05) is 30.3 Å². The normalized spacial score (nSPS) is 15.4. The number of nitrogens with zero attached hydrogens (tertiary/aromatic N) is 4. The maximum atomic E-state index is 6.14. The molecule has 3 heterocycles. The number of rotatable bonds is 2. The molecule has 0 amide bonds. The van der Waals surface area contributed by atoms with Crippen molar-refractivity contribution in [1.29, 1.82) is 0 Å². The van der Waals surface area contributed by atoms with Gasteiger partial charge in [-0.2, -0.15) is 9.61 Å². The highest BCUT2D eigenvalue weighted by molar-refractivity contribution is 5.69. The van der Waals surface area contributed by atoms with Crippen LogP contribution in [0.5, 0.6) is 0 Å². The largest absolute Gasteiger partial charge is 0.381 e. The van der Waals surface area contributed by atoms with Crippen molar-refractivity contribution in [3.05, 3.63) is 42.5 Å². The Hall–Kier alpha value is -2.60. The summed E-state index contributed by atoms with van der Waals surface area (Å²) in [6.45, 7) is 3.72. The SMILES string of the molecule is Nc1nc2ccc(-c3ccccc3)nn2c1N1CCNCC1. The van der Waals surface area contributed by atoms with Gasteiger partial charge < -0.3 is 16.0 Å². The van der Waals surface area contributed by atoms with Crippen LogP contribution in [-0.2, 0) is 0 Å². The molecular formula is C16H18N6. The lowest BCUT2D eigenvalue weighted by molar-refractivity contribution is 0.581. The van der Waals surface area contributed by atoms with Crippen LogP contribution in [0.3, 0.4) is 0 Å². The molecule has 1 saturated heterocycles. The molecule has 0 atom stereocenters. The number of aromatic nitrogens is 3. The first-order chi connectivity index (χ1) is 10.8. The van der Waals surface area contributed by atoms with Crippen LogP contribution in [-0.4, -0.2) is 40.8 Å². The van der Waals surface area contributed by atoms with Crippen LogP contribution in [0.2, 0.25) is 0 Å². The van der Waals surface area contributed by atoms with Crippen molar-refractivity contribution >= 4 is 17.3 Å². The summed E-state index contributed by atoms with van der Waals surface area (Å²) in [6, 6.07) is 14.1. The Labute approximate surface area is 128 Å². The van der Waals surface area contributed by atoms with Crippen molar-refractivity contribution in [1.82, 2.24) is 19.9 Å². The average Bonchev–Trinajstić information content (AvgIpc) is 2.91. The molecule has 1 aromatic carbocycles. The third kappa shape index (κ3) is 2.17. The zero-order valence-corrected chi connectivity index (χ0v) is 12.2. The molecule has 0 aliphatic carbocycles. The summed E-state index contributed by atoms with van der Waals surface area (Å²) in [4.78, 5) is 6.68. The molecule has 3 aromatic rings. The minimum Gasteiger partial charge on any atom is -0.381 e. The number of hydrogen-bond donors (Lipinski definition) is 2. The second-order valence-electron chi connectivity index (χ2n) is 5.41. The minimum atomic E-state index is 0.541. The number of imidazole rings is 1. The van der Waals surface area contributed by atoms with Crippen molar-refractivity contribution in [3.8, 4) is 11.3 Å². The van der Waals surface area contributed by atoms with E-state index in [1.807, 2.05) is 34.8 Å². The minimum absolute atomic E-state index is 0.541. The lowest BCUT2D eigenvalue weighted by Crippen LogP contribution is -2.44. The first-order valence-corrected chi connectivity index (χ1v) is 7.49. The standard InChI is InChI=1S/C16H18N6/c17-15-16(21-10-8-18-9-11-21)22-14(19-15)7-6-13(20-22)12-4-2-1-3-5-12/h1-7,18H,8-11,17H2. The molecule has 0 radical (unpaired) electrons. The number of nitrogens with one attached hydrogen (secondary N) is 1. The molecule has 0 saturated carbocycles. The number of fused-ring (bicyclic) bond motifs is 1. The van der Waals surface area contributed by atoms with Gasteiger partial charge in [-0.05, 0) is 12.1 Å². The number of nitrogens with two attached hydrogens (primary N) is 1. The highest BCUT2D eigenvalue weighted by atomic mass is 15.4. The molecule has 22 heavy (non-hydrogen) atoms. The number of benzene rings is 1. The van der Waals surface area contributed by atoms with E-state index < -0.39 is 0 Å². The van der Waals surface area contributed by atoms with Crippen molar-refractivity contribution in [2.45, 2.75) is 0 Å². The van der Waals surface area contributed by atoms with E-state index in [1.165, 1.54) is 0 Å². The summed E-state index contributed by atoms with van der Waals surface area (Å²) in [5.74, 6) is 1.44. The maximum Gasteiger partial charge on any atom is 0.175 e. The van der Waals surface area contributed by atoms with Crippen LogP contribution >= 0.6 is 0 Å². The third-order valence-corrected chi connectivity index (χ3v) is 3.97. The summed E-state index contributed by atoms with van der Waals surface area (Å²) in [7, 11) is 0. The van der Waals surface area contributed by atoms with E-state index in [2.05, 4.69) is 27.3 Å². The Balaban J connectivity index is 1.84. The summed E-state index contributed by atoms with van der Waals surface area (Å²) < 4.78 is 1.86. The molecule has 6 heteroatoms. The van der Waals surface area contributed by atoms with Crippen molar-refractivity contribution in [2.75, 3.05) is 36.8 Å². The fraction of sp³-hybridized carbons (Fsp3) is 0.250. The smallest absolute Gasteiger partial charge is 0.175 e. The van der Waals surface area contributed by atoms with Crippen molar-refractivity contribution < 1.29 is 0 Å². The zero-order valence-electron chi connectivity index (χ0n) is 12.2. The van der Waals surface area contributed by atoms with E-state index in [-0.39, 0.29) is 0 Å². The van der Waals surface area contributed by atoms with Gasteiger partial charge in [-0.15, -0.1) is 0 Å². The van der Waals surface area contributed by atoms with Gasteiger partial charge in [0.1, 0.15) is 0 Å². The summed E-state index contributed by atoms with van der Waals surface area (Å²) in [5.41, 5.74) is 8.93. The molecule has 1 aliphatic heterocycles. The van der Waals surface area contributed by atoms with Gasteiger partial charge in [0.05, 0.1) is 5.69 Å². The van der Waals surface area contributed by atoms with E-state index in [0.717, 1.165) is 48.9 Å². The van der Waals surface area contributed by atoms with Crippen LogP contribution < -0.4 is 16.0 Å². The molecule has 1 aliphatic rings. The number of hydrogen-bond acceptors (Lipinski definition) is 5. The van der Waals surface area contributed by atoms with Crippen LogP contribution in [0.15, 0.2) is 42.5 Å². The van der Waals surface area contributed by atoms with Crippen LogP contribution in [0, 0.1) is 0 Å². The molecule has 4 rings (SSSR count). The number of nitrogen functional groups attached to an aromatic ring is 1. The third-order valence-electron chi connectivity index (χ3n) is 3.97. The molecule has 3 N–H and O–H groups in total. The summed E-state index contributed by atoms with van der Waals surface area (Å²) >= 11 is 0. The van der Waals surface area contributed by atoms with Crippen molar-refractivity contribution in [3.63, 3.8) is 0 Å². The van der Waals surface area contributed by atoms with Gasteiger partial charge in [0.25, 0.3) is 0 Å². The van der Waals surface area contributed by atoms with Gasteiger partial charge >= 0.3 is 0 Å². The topological polar surface area (TPSA) is 71.5 Å². The van der Waals surface area contributed by atoms with Gasteiger partial charge in [0.15, 0.2) is 17.3 Å². The summed E-state index contributed by atoms with van der Waals surface area (Å²) in [5, 5.41) is 8.10. The Morgan fingerprint density at radius 3 is 2.55 bits per heavy atom. The monoisotopic (exact) mass is 294 g/mol. The lowest BCUT2D eigenvalue weighted by atomic mass is 10.1. The molecule has 0 unspecified atom stereocenters. The van der Waals surface area contributed by atoms with Crippen LogP contribution in [0.25, 0.3) is 16.9 Å². The fourth-order valence-corrected chi connectivity index (χ4v) is 2.87. The second kappa shape index (κ2) is 5.31. The van der Waals surface area contributed by atoms with E-state index >= 15 is 0 Å². The fourth-order valence-electron chi connectivity index (χ4n) is 2.87. The predicted molar refractivity (Wildman–Crippen MR) is 87.9 cm³/mol. The number of anilines is 2. The molecule has 112 valence electrons. The molecule has 2 aromatic heterocycles. The van der Waals surface area contributed by atoms with E-state index in [1.54, 1.807) is 0 Å². The lowest BCUT2D eigenvalue weighted by Gasteiger charge is -2.28. The Bertz CT molecular complexity index is 789. The molecule has 0 bridgehead atoms. The van der Waals surface area contributed by atoms with Gasteiger partial charge in [-0.25, -0.2) is 4.98 Å².